The van der Waals surface area contributed by atoms with Gasteiger partial charge in [-0.25, -0.2) is 15.0 Å². The molecule has 1 spiro atoms. The van der Waals surface area contributed by atoms with Crippen LogP contribution in [0.3, 0.4) is 0 Å². The maximum Gasteiger partial charge on any atom is 0.160 e. The molecule has 10 aromatic rings. The standard InChI is InChI=1S/C62H43N3/c1-3-18-41(19-4-1)57-37-46(48-29-16-22-40-17-7-8-25-47(40)48)38-58(63-57)43-23-15-24-44(35-43)59-39-60(65-61(64-59)42-20-5-2-6-21-42)45-33-34-56-52(36-45)51-28-11-14-32-55(51)62(56)53-30-12-9-26-49(53)50-27-10-13-31-54(50)62/h1-6,9-16,18-24,26-39H,7-8,17,25H2. The summed E-state index contributed by atoms with van der Waals surface area (Å²) in [6.45, 7) is 0. The van der Waals surface area contributed by atoms with E-state index in [4.69, 9.17) is 15.0 Å². The van der Waals surface area contributed by atoms with Crippen molar-refractivity contribution in [2.24, 2.45) is 0 Å². The molecule has 306 valence electrons. The first-order valence-electron chi connectivity index (χ1n) is 22.9. The van der Waals surface area contributed by atoms with Crippen molar-refractivity contribution in [1.82, 2.24) is 15.0 Å². The number of hydrogen-bond acceptors (Lipinski definition) is 3. The second kappa shape index (κ2) is 15.1. The molecule has 0 amide bonds. The number of benzene rings is 8. The maximum absolute atomic E-state index is 5.35. The summed E-state index contributed by atoms with van der Waals surface area (Å²) in [7, 11) is 0. The van der Waals surface area contributed by atoms with E-state index in [0.29, 0.717) is 5.82 Å². The van der Waals surface area contributed by atoms with Crippen molar-refractivity contribution in [2.75, 3.05) is 0 Å². The van der Waals surface area contributed by atoms with Crippen LogP contribution in [0.5, 0.6) is 0 Å². The Morgan fingerprint density at radius 1 is 0.292 bits per heavy atom. The molecule has 0 N–H and O–H groups in total. The molecule has 0 radical (unpaired) electrons. The first-order chi connectivity index (χ1) is 32.2. The molecule has 0 bridgehead atoms. The Labute approximate surface area is 379 Å². The third kappa shape index (κ3) is 6.00. The van der Waals surface area contributed by atoms with Gasteiger partial charge in [0.05, 0.1) is 28.2 Å². The molecule has 0 fully saturated rings. The lowest BCUT2D eigenvalue weighted by Gasteiger charge is -2.30. The summed E-state index contributed by atoms with van der Waals surface area (Å²) in [4.78, 5) is 16.0. The fraction of sp³-hybridized carbons (Fsp3) is 0.0806. The van der Waals surface area contributed by atoms with Gasteiger partial charge in [0.15, 0.2) is 5.82 Å². The summed E-state index contributed by atoms with van der Waals surface area (Å²) in [5.41, 5.74) is 24.4. The Balaban J connectivity index is 0.964. The van der Waals surface area contributed by atoms with Crippen molar-refractivity contribution >= 4 is 0 Å². The highest BCUT2D eigenvalue weighted by Gasteiger charge is 2.51. The van der Waals surface area contributed by atoms with Crippen molar-refractivity contribution in [3.63, 3.8) is 0 Å². The van der Waals surface area contributed by atoms with Gasteiger partial charge in [-0.2, -0.15) is 0 Å². The Morgan fingerprint density at radius 3 is 1.43 bits per heavy atom. The molecular weight excluding hydrogens is 787 g/mol. The maximum atomic E-state index is 5.35. The molecule has 3 aliphatic carbocycles. The molecule has 8 aromatic carbocycles. The van der Waals surface area contributed by atoms with Gasteiger partial charge < -0.3 is 0 Å². The van der Waals surface area contributed by atoms with E-state index in [0.717, 1.165) is 63.4 Å². The van der Waals surface area contributed by atoms with Crippen LogP contribution in [-0.4, -0.2) is 15.0 Å². The summed E-state index contributed by atoms with van der Waals surface area (Å²) in [6.07, 6.45) is 4.73. The molecule has 65 heavy (non-hydrogen) atoms. The lowest BCUT2D eigenvalue weighted by Crippen LogP contribution is -2.25. The van der Waals surface area contributed by atoms with E-state index in [1.807, 2.05) is 6.07 Å². The number of nitrogens with zero attached hydrogens (tertiary/aromatic N) is 3. The molecule has 0 unspecified atom stereocenters. The predicted octanol–water partition coefficient (Wildman–Crippen LogP) is 15.1. The minimum Gasteiger partial charge on any atom is -0.248 e. The number of pyridine rings is 1. The molecule has 3 heteroatoms. The van der Waals surface area contributed by atoms with Gasteiger partial charge in [0, 0.05) is 27.8 Å². The SMILES string of the molecule is c1ccc(-c2cc(-c3cccc4c3CCCC4)cc(-c3cccc(-c4cc(-c5ccc6c(c5)-c5ccccc5C65c6ccccc6-c6ccccc65)nc(-c5ccccc5)n4)c3)n2)cc1. The molecule has 0 saturated heterocycles. The number of aryl methyl sites for hydroxylation is 1. The number of rotatable bonds is 6. The van der Waals surface area contributed by atoms with Crippen LogP contribution in [0.4, 0.5) is 0 Å². The molecule has 0 aliphatic heterocycles. The number of hydrogen-bond donors (Lipinski definition) is 0. The lowest BCUT2D eigenvalue weighted by molar-refractivity contribution is 0.687. The van der Waals surface area contributed by atoms with Crippen molar-refractivity contribution in [2.45, 2.75) is 31.1 Å². The summed E-state index contributed by atoms with van der Waals surface area (Å²) >= 11 is 0. The van der Waals surface area contributed by atoms with Crippen LogP contribution in [0.2, 0.25) is 0 Å². The fourth-order valence-corrected chi connectivity index (χ4v) is 11.2. The zero-order chi connectivity index (χ0) is 42.9. The average Bonchev–Trinajstić information content (AvgIpc) is 3.86. The summed E-state index contributed by atoms with van der Waals surface area (Å²) < 4.78 is 0. The molecule has 0 atom stereocenters. The van der Waals surface area contributed by atoms with Crippen LogP contribution in [0.1, 0.15) is 46.2 Å². The molecule has 3 aliphatic rings. The van der Waals surface area contributed by atoms with Crippen molar-refractivity contribution in [3.8, 4) is 89.8 Å². The monoisotopic (exact) mass is 829 g/mol. The van der Waals surface area contributed by atoms with E-state index in [-0.39, 0.29) is 0 Å². The van der Waals surface area contributed by atoms with Crippen LogP contribution < -0.4 is 0 Å². The van der Waals surface area contributed by atoms with Gasteiger partial charge in [0.2, 0.25) is 0 Å². The van der Waals surface area contributed by atoms with E-state index in [1.165, 1.54) is 79.6 Å². The van der Waals surface area contributed by atoms with E-state index in [2.05, 4.69) is 206 Å². The molecule has 0 saturated carbocycles. The average molecular weight is 830 g/mol. The van der Waals surface area contributed by atoms with Gasteiger partial charge >= 0.3 is 0 Å². The summed E-state index contributed by atoms with van der Waals surface area (Å²) in [6, 6.07) is 77.1. The first kappa shape index (κ1) is 37.5. The third-order valence-electron chi connectivity index (χ3n) is 14.1. The zero-order valence-corrected chi connectivity index (χ0v) is 35.9. The largest absolute Gasteiger partial charge is 0.248 e. The molecule has 2 heterocycles. The Kier molecular flexibility index (Phi) is 8.70. The summed E-state index contributed by atoms with van der Waals surface area (Å²) in [5.74, 6) is 0.694. The Hall–Kier alpha value is -8.01. The number of fused-ring (bicyclic) bond motifs is 11. The zero-order valence-electron chi connectivity index (χ0n) is 35.9. The van der Waals surface area contributed by atoms with Crippen molar-refractivity contribution < 1.29 is 0 Å². The van der Waals surface area contributed by atoms with Gasteiger partial charge in [0.1, 0.15) is 0 Å². The molecule has 2 aromatic heterocycles. The normalized spacial score (nSPS) is 13.7. The van der Waals surface area contributed by atoms with Crippen LogP contribution in [-0.2, 0) is 18.3 Å². The van der Waals surface area contributed by atoms with E-state index in [9.17, 15) is 0 Å². The highest BCUT2D eigenvalue weighted by atomic mass is 14.9. The Bertz CT molecular complexity index is 3450. The van der Waals surface area contributed by atoms with Gasteiger partial charge in [-0.15, -0.1) is 0 Å². The fourth-order valence-electron chi connectivity index (χ4n) is 11.2. The Morgan fingerprint density at radius 2 is 0.769 bits per heavy atom. The quantitative estimate of drug-likeness (QED) is 0.168. The summed E-state index contributed by atoms with van der Waals surface area (Å²) in [5, 5.41) is 0. The van der Waals surface area contributed by atoms with Crippen LogP contribution in [0, 0.1) is 0 Å². The number of aromatic nitrogens is 3. The second-order valence-corrected chi connectivity index (χ2v) is 17.7. The van der Waals surface area contributed by atoms with Gasteiger partial charge in [-0.05, 0) is 123 Å². The minimum atomic E-state index is -0.393. The molecule has 3 nitrogen and oxygen atoms in total. The van der Waals surface area contributed by atoms with E-state index < -0.39 is 5.41 Å². The predicted molar refractivity (Wildman–Crippen MR) is 265 cm³/mol. The molecular formula is C62H43N3. The van der Waals surface area contributed by atoms with Crippen molar-refractivity contribution in [1.29, 1.82) is 0 Å². The lowest BCUT2D eigenvalue weighted by atomic mass is 9.70. The van der Waals surface area contributed by atoms with Crippen LogP contribution in [0.25, 0.3) is 89.8 Å². The third-order valence-corrected chi connectivity index (χ3v) is 14.1. The van der Waals surface area contributed by atoms with E-state index in [1.54, 1.807) is 0 Å². The van der Waals surface area contributed by atoms with E-state index >= 15 is 0 Å². The van der Waals surface area contributed by atoms with Crippen LogP contribution in [0.15, 0.2) is 212 Å². The van der Waals surface area contributed by atoms with Crippen molar-refractivity contribution in [3.05, 3.63) is 246 Å². The minimum absolute atomic E-state index is 0.393. The molecule has 13 rings (SSSR count). The van der Waals surface area contributed by atoms with Gasteiger partial charge in [-0.1, -0.05) is 182 Å². The van der Waals surface area contributed by atoms with Gasteiger partial charge in [-0.3, -0.25) is 0 Å². The van der Waals surface area contributed by atoms with Crippen LogP contribution >= 0.6 is 0 Å². The highest BCUT2D eigenvalue weighted by Crippen LogP contribution is 2.63. The highest BCUT2D eigenvalue weighted by molar-refractivity contribution is 5.96. The first-order valence-corrected chi connectivity index (χ1v) is 22.9. The smallest absolute Gasteiger partial charge is 0.160 e. The topological polar surface area (TPSA) is 38.7 Å². The second-order valence-electron chi connectivity index (χ2n) is 17.7. The van der Waals surface area contributed by atoms with Gasteiger partial charge in [0.25, 0.3) is 0 Å².